The van der Waals surface area contributed by atoms with Gasteiger partial charge in [0.15, 0.2) is 0 Å². The molecule has 3 heterocycles. The van der Waals surface area contributed by atoms with Gasteiger partial charge in [0.25, 0.3) is 5.91 Å². The molecule has 0 aliphatic carbocycles. The quantitative estimate of drug-likeness (QED) is 0.680. The summed E-state index contributed by atoms with van der Waals surface area (Å²) in [5.74, 6) is -0.834. The molecule has 1 aliphatic heterocycles. The summed E-state index contributed by atoms with van der Waals surface area (Å²) in [4.78, 5) is 33.1. The largest absolute Gasteiger partial charge is 0.360 e. The van der Waals surface area contributed by atoms with Crippen LogP contribution in [0.4, 0.5) is 10.1 Å². The van der Waals surface area contributed by atoms with Gasteiger partial charge in [0.05, 0.1) is 11.4 Å². The first-order chi connectivity index (χ1) is 14.0. The smallest absolute Gasteiger partial charge is 0.260 e. The average Bonchev–Trinajstić information content (AvgIpc) is 3.31. The first kappa shape index (κ1) is 18.8. The molecule has 1 unspecified atom stereocenters. The molecule has 0 spiro atoms. The highest BCUT2D eigenvalue weighted by Gasteiger charge is 2.39. The van der Waals surface area contributed by atoms with Gasteiger partial charge in [-0.15, -0.1) is 0 Å². The predicted octanol–water partition coefficient (Wildman–Crippen LogP) is 3.06. The highest BCUT2D eigenvalue weighted by molar-refractivity contribution is 6.06. The molecule has 4 rings (SSSR count). The number of hydrogen-bond donors (Lipinski definition) is 0. The molecule has 0 N–H and O–H groups in total. The Hall–Kier alpha value is -3.55. The monoisotopic (exact) mass is 394 g/mol. The second kappa shape index (κ2) is 7.46. The fraction of sp³-hybridized carbons (Fsp3) is 0.238. The van der Waals surface area contributed by atoms with E-state index < -0.39 is 17.8 Å². The number of benzene rings is 1. The normalized spacial score (nSPS) is 16.3. The number of rotatable bonds is 4. The second-order valence-corrected chi connectivity index (χ2v) is 6.84. The molecule has 0 saturated carbocycles. The Morgan fingerprint density at radius 3 is 2.72 bits per heavy atom. The lowest BCUT2D eigenvalue weighted by Gasteiger charge is -2.24. The average molecular weight is 394 g/mol. The number of carbonyl (C=O) groups is 2. The van der Waals surface area contributed by atoms with E-state index >= 15 is 0 Å². The van der Waals surface area contributed by atoms with Crippen molar-refractivity contribution in [3.8, 4) is 11.4 Å². The van der Waals surface area contributed by atoms with Crippen molar-refractivity contribution in [2.75, 3.05) is 18.5 Å². The third-order valence-electron chi connectivity index (χ3n) is 5.09. The zero-order chi connectivity index (χ0) is 20.5. The van der Waals surface area contributed by atoms with Gasteiger partial charge in [-0.25, -0.2) is 4.39 Å². The summed E-state index contributed by atoms with van der Waals surface area (Å²) in [5.41, 5.74) is 1.32. The van der Waals surface area contributed by atoms with Gasteiger partial charge in [0.2, 0.25) is 5.91 Å². The minimum atomic E-state index is -0.701. The molecule has 8 heteroatoms. The molecule has 1 aliphatic rings. The molecule has 0 bridgehead atoms. The summed E-state index contributed by atoms with van der Waals surface area (Å²) in [6.45, 7) is 1.97. The molecule has 1 atom stereocenters. The van der Waals surface area contributed by atoms with Crippen LogP contribution in [0.5, 0.6) is 0 Å². The molecule has 1 saturated heterocycles. The van der Waals surface area contributed by atoms with Crippen molar-refractivity contribution in [1.29, 1.82) is 0 Å². The molecule has 1 aromatic carbocycles. The second-order valence-electron chi connectivity index (χ2n) is 6.84. The first-order valence-corrected chi connectivity index (χ1v) is 9.19. The van der Waals surface area contributed by atoms with Crippen molar-refractivity contribution < 1.29 is 18.5 Å². The Balaban J connectivity index is 1.61. The summed E-state index contributed by atoms with van der Waals surface area (Å²) in [5, 5.41) is 3.98. The maximum atomic E-state index is 14.1. The van der Waals surface area contributed by atoms with Gasteiger partial charge in [0.1, 0.15) is 28.9 Å². The van der Waals surface area contributed by atoms with Crippen molar-refractivity contribution in [3.05, 3.63) is 65.8 Å². The fourth-order valence-electron chi connectivity index (χ4n) is 3.55. The molecule has 7 nitrogen and oxygen atoms in total. The molecule has 2 aromatic heterocycles. The number of nitrogens with zero attached hydrogens (tertiary/aromatic N) is 4. The lowest BCUT2D eigenvalue weighted by atomic mass is 10.1. The van der Waals surface area contributed by atoms with E-state index in [1.807, 2.05) is 0 Å². The topological polar surface area (TPSA) is 79.5 Å². The Morgan fingerprint density at radius 2 is 2.00 bits per heavy atom. The summed E-state index contributed by atoms with van der Waals surface area (Å²) in [6.07, 6.45) is 2.00. The molecular formula is C21H19FN4O3. The van der Waals surface area contributed by atoms with Gasteiger partial charge in [-0.3, -0.25) is 14.6 Å². The van der Waals surface area contributed by atoms with Crippen LogP contribution in [0.25, 0.3) is 11.4 Å². The Kier molecular flexibility index (Phi) is 4.84. The number of anilines is 1. The highest BCUT2D eigenvalue weighted by atomic mass is 19.1. The number of likely N-dealkylation sites (N-methyl/N-ethyl adjacent to an activating group) is 1. The van der Waals surface area contributed by atoms with E-state index in [1.165, 1.54) is 15.9 Å². The Bertz CT molecular complexity index is 1070. The number of amides is 2. The molecular weight excluding hydrogens is 375 g/mol. The minimum absolute atomic E-state index is 0.219. The number of halogens is 1. The Morgan fingerprint density at radius 1 is 1.24 bits per heavy atom. The number of para-hydroxylation sites is 1. The van der Waals surface area contributed by atoms with Gasteiger partial charge in [-0.05, 0) is 37.6 Å². The van der Waals surface area contributed by atoms with Crippen LogP contribution in [0, 0.1) is 12.7 Å². The van der Waals surface area contributed by atoms with E-state index in [4.69, 9.17) is 4.52 Å². The summed E-state index contributed by atoms with van der Waals surface area (Å²) in [7, 11) is 1.56. The van der Waals surface area contributed by atoms with Crippen molar-refractivity contribution in [2.24, 2.45) is 0 Å². The van der Waals surface area contributed by atoms with E-state index in [9.17, 15) is 14.0 Å². The summed E-state index contributed by atoms with van der Waals surface area (Å²) < 4.78 is 19.4. The summed E-state index contributed by atoms with van der Waals surface area (Å²) in [6, 6.07) is 10.7. The Labute approximate surface area is 166 Å². The third-order valence-corrected chi connectivity index (χ3v) is 5.09. The molecule has 1 fully saturated rings. The molecule has 29 heavy (non-hydrogen) atoms. The number of hydrogen-bond acceptors (Lipinski definition) is 5. The van der Waals surface area contributed by atoms with Crippen LogP contribution in [0.1, 0.15) is 22.5 Å². The molecule has 2 amide bonds. The van der Waals surface area contributed by atoms with Crippen LogP contribution in [0.2, 0.25) is 0 Å². The van der Waals surface area contributed by atoms with Crippen LogP contribution in [-0.4, -0.2) is 46.5 Å². The number of aryl methyl sites for hydroxylation is 1. The zero-order valence-corrected chi connectivity index (χ0v) is 16.0. The maximum Gasteiger partial charge on any atom is 0.260 e. The number of aromatic nitrogens is 2. The lowest BCUT2D eigenvalue weighted by Crippen LogP contribution is -2.43. The van der Waals surface area contributed by atoms with Crippen LogP contribution in [-0.2, 0) is 4.79 Å². The molecule has 148 valence electrons. The van der Waals surface area contributed by atoms with E-state index in [1.54, 1.807) is 56.6 Å². The van der Waals surface area contributed by atoms with E-state index in [0.29, 0.717) is 30.1 Å². The SMILES string of the molecule is Cc1onc(-c2ccccn2)c1C(=O)N(C)C1CCN(c2ccccc2F)C1=O. The zero-order valence-electron chi connectivity index (χ0n) is 16.0. The standard InChI is InChI=1S/C21H19FN4O3/c1-13-18(19(24-29-13)15-8-5-6-11-23-15)21(28)25(2)17-10-12-26(20(17)27)16-9-4-3-7-14(16)22/h3-9,11,17H,10,12H2,1-2H3. The van der Waals surface area contributed by atoms with Crippen LogP contribution in [0.15, 0.2) is 53.2 Å². The van der Waals surface area contributed by atoms with Crippen molar-refractivity contribution in [1.82, 2.24) is 15.0 Å². The number of pyridine rings is 1. The van der Waals surface area contributed by atoms with Gasteiger partial charge in [-0.2, -0.15) is 0 Å². The lowest BCUT2D eigenvalue weighted by molar-refractivity contribution is -0.120. The highest BCUT2D eigenvalue weighted by Crippen LogP contribution is 2.29. The van der Waals surface area contributed by atoms with Crippen LogP contribution >= 0.6 is 0 Å². The van der Waals surface area contributed by atoms with Gasteiger partial charge in [-0.1, -0.05) is 23.4 Å². The predicted molar refractivity (Wildman–Crippen MR) is 104 cm³/mol. The van der Waals surface area contributed by atoms with E-state index in [-0.39, 0.29) is 17.2 Å². The minimum Gasteiger partial charge on any atom is -0.360 e. The molecule has 3 aromatic rings. The van der Waals surface area contributed by atoms with Crippen molar-refractivity contribution in [2.45, 2.75) is 19.4 Å². The van der Waals surface area contributed by atoms with Gasteiger partial charge >= 0.3 is 0 Å². The first-order valence-electron chi connectivity index (χ1n) is 9.19. The van der Waals surface area contributed by atoms with Crippen LogP contribution < -0.4 is 4.90 Å². The van der Waals surface area contributed by atoms with Crippen LogP contribution in [0.3, 0.4) is 0 Å². The maximum absolute atomic E-state index is 14.1. The fourth-order valence-corrected chi connectivity index (χ4v) is 3.55. The van der Waals surface area contributed by atoms with Crippen molar-refractivity contribution >= 4 is 17.5 Å². The molecule has 0 radical (unpaired) electrons. The van der Waals surface area contributed by atoms with Crippen molar-refractivity contribution in [3.63, 3.8) is 0 Å². The van der Waals surface area contributed by atoms with Gasteiger partial charge in [0, 0.05) is 19.8 Å². The third kappa shape index (κ3) is 3.26. The van der Waals surface area contributed by atoms with E-state index in [2.05, 4.69) is 10.1 Å². The summed E-state index contributed by atoms with van der Waals surface area (Å²) >= 11 is 0. The van der Waals surface area contributed by atoms with Gasteiger partial charge < -0.3 is 14.3 Å². The van der Waals surface area contributed by atoms with E-state index in [0.717, 1.165) is 0 Å². The number of carbonyl (C=O) groups excluding carboxylic acids is 2.